The van der Waals surface area contributed by atoms with Crippen LogP contribution in [0.3, 0.4) is 0 Å². The number of halogens is 1. The molecule has 2 aromatic carbocycles. The molecular weight excluding hydrogens is 472 g/mol. The van der Waals surface area contributed by atoms with Crippen LogP contribution in [0.15, 0.2) is 59.1 Å². The lowest BCUT2D eigenvalue weighted by atomic mass is 9.78. The zero-order chi connectivity index (χ0) is 23.9. The molecule has 3 aliphatic rings. The maximum Gasteiger partial charge on any atom is 0.327 e. The molecule has 0 spiro atoms. The smallest absolute Gasteiger partial charge is 0.327 e. The van der Waals surface area contributed by atoms with Gasteiger partial charge in [-0.2, -0.15) is 4.98 Å². The summed E-state index contributed by atoms with van der Waals surface area (Å²) < 4.78 is 16.8. The van der Waals surface area contributed by atoms with Crippen molar-refractivity contribution >= 4 is 23.5 Å². The Morgan fingerprint density at radius 3 is 2.46 bits per heavy atom. The molecule has 2 saturated heterocycles. The Morgan fingerprint density at radius 2 is 1.69 bits per heavy atom. The number of carbonyl (C=O) groups excluding carboxylic acids is 2. The third-order valence-electron chi connectivity index (χ3n) is 6.92. The van der Waals surface area contributed by atoms with E-state index in [0.717, 1.165) is 11.1 Å². The van der Waals surface area contributed by atoms with Crippen LogP contribution < -0.4 is 0 Å². The van der Waals surface area contributed by atoms with Crippen LogP contribution in [-0.2, 0) is 27.4 Å². The predicted molar refractivity (Wildman–Crippen MR) is 124 cm³/mol. The van der Waals surface area contributed by atoms with E-state index in [1.807, 2.05) is 42.5 Å². The largest absolute Gasteiger partial charge is 0.349 e. The molecule has 1 aliphatic carbocycles. The lowest BCUT2D eigenvalue weighted by Gasteiger charge is -2.48. The van der Waals surface area contributed by atoms with Gasteiger partial charge in [0.15, 0.2) is 0 Å². The second-order valence-corrected chi connectivity index (χ2v) is 9.45. The standard InChI is InChI=1S/C25H23ClN4O5/c26-17-8-6-15(7-9-17)12-29-19-11-21-20(33-14-34-21)10-18(19)24(31)30(25(29)32)13-22-27-23(28-35-22)16-4-2-1-3-5-16/h1-9,18-21H,10-14H2. The number of benzene rings is 2. The summed E-state index contributed by atoms with van der Waals surface area (Å²) in [5.41, 5.74) is 1.71. The van der Waals surface area contributed by atoms with Gasteiger partial charge >= 0.3 is 6.03 Å². The van der Waals surface area contributed by atoms with E-state index in [1.165, 1.54) is 4.90 Å². The van der Waals surface area contributed by atoms with Crippen molar-refractivity contribution in [1.82, 2.24) is 19.9 Å². The average molecular weight is 495 g/mol. The van der Waals surface area contributed by atoms with Gasteiger partial charge in [0.05, 0.1) is 18.1 Å². The number of carbonyl (C=O) groups is 2. The molecule has 0 bridgehead atoms. The third-order valence-corrected chi connectivity index (χ3v) is 7.18. The van der Waals surface area contributed by atoms with Crippen LogP contribution in [0.5, 0.6) is 0 Å². The number of rotatable bonds is 5. The highest BCUT2D eigenvalue weighted by atomic mass is 35.5. The molecular formula is C25H23ClN4O5. The van der Waals surface area contributed by atoms with E-state index in [1.54, 1.807) is 17.0 Å². The molecule has 180 valence electrons. The Morgan fingerprint density at radius 1 is 0.943 bits per heavy atom. The second-order valence-electron chi connectivity index (χ2n) is 9.01. The molecule has 0 radical (unpaired) electrons. The van der Waals surface area contributed by atoms with Gasteiger partial charge in [-0.05, 0) is 30.5 Å². The van der Waals surface area contributed by atoms with Crippen molar-refractivity contribution in [3.63, 3.8) is 0 Å². The number of urea groups is 1. The normalized spacial score (nSPS) is 26.1. The molecule has 2 aliphatic heterocycles. The molecule has 3 amide bonds. The van der Waals surface area contributed by atoms with Crippen molar-refractivity contribution in [3.05, 3.63) is 71.1 Å². The lowest BCUT2D eigenvalue weighted by molar-refractivity contribution is -0.145. The number of nitrogens with zero attached hydrogens (tertiary/aromatic N) is 4. The summed E-state index contributed by atoms with van der Waals surface area (Å²) in [6.07, 6.45) is 0.766. The van der Waals surface area contributed by atoms with Gasteiger partial charge < -0.3 is 18.9 Å². The number of hydrogen-bond acceptors (Lipinski definition) is 7. The minimum absolute atomic E-state index is 0.0940. The first-order chi connectivity index (χ1) is 17.1. The van der Waals surface area contributed by atoms with Crippen molar-refractivity contribution in [2.45, 2.75) is 44.2 Å². The summed E-state index contributed by atoms with van der Waals surface area (Å²) in [7, 11) is 0. The monoisotopic (exact) mass is 494 g/mol. The molecule has 10 heteroatoms. The Bertz CT molecular complexity index is 1230. The quantitative estimate of drug-likeness (QED) is 0.531. The first-order valence-corrected chi connectivity index (χ1v) is 11.9. The van der Waals surface area contributed by atoms with E-state index in [9.17, 15) is 9.59 Å². The van der Waals surface area contributed by atoms with E-state index in [-0.39, 0.29) is 49.4 Å². The third kappa shape index (κ3) is 4.20. The van der Waals surface area contributed by atoms with Crippen molar-refractivity contribution in [2.75, 3.05) is 6.79 Å². The molecule has 1 aromatic heterocycles. The fourth-order valence-corrected chi connectivity index (χ4v) is 5.28. The van der Waals surface area contributed by atoms with Gasteiger partial charge in [0, 0.05) is 23.2 Å². The summed E-state index contributed by atoms with van der Waals surface area (Å²) in [4.78, 5) is 34.6. The summed E-state index contributed by atoms with van der Waals surface area (Å²) >= 11 is 6.05. The van der Waals surface area contributed by atoms with Gasteiger partial charge in [0.25, 0.3) is 0 Å². The van der Waals surface area contributed by atoms with Crippen molar-refractivity contribution < 1.29 is 23.6 Å². The van der Waals surface area contributed by atoms with Gasteiger partial charge in [0.1, 0.15) is 13.3 Å². The molecule has 4 unspecified atom stereocenters. The molecule has 6 rings (SSSR count). The van der Waals surface area contributed by atoms with Crippen molar-refractivity contribution in [2.24, 2.45) is 5.92 Å². The highest BCUT2D eigenvalue weighted by Gasteiger charge is 2.53. The second kappa shape index (κ2) is 9.07. The molecule has 35 heavy (non-hydrogen) atoms. The van der Waals surface area contributed by atoms with E-state index in [2.05, 4.69) is 10.1 Å². The Balaban J connectivity index is 1.29. The average Bonchev–Trinajstić information content (AvgIpc) is 3.54. The number of ether oxygens (including phenoxy) is 2. The lowest BCUT2D eigenvalue weighted by Crippen LogP contribution is -2.64. The fourth-order valence-electron chi connectivity index (χ4n) is 5.15. The number of amides is 3. The molecule has 9 nitrogen and oxygen atoms in total. The van der Waals surface area contributed by atoms with Crippen LogP contribution in [0, 0.1) is 5.92 Å². The van der Waals surface area contributed by atoms with Gasteiger partial charge in [-0.1, -0.05) is 59.2 Å². The molecule has 4 atom stereocenters. The summed E-state index contributed by atoms with van der Waals surface area (Å²) in [5.74, 6) is -0.0461. The molecule has 1 saturated carbocycles. The van der Waals surface area contributed by atoms with E-state index in [0.29, 0.717) is 30.2 Å². The van der Waals surface area contributed by atoms with Crippen molar-refractivity contribution in [1.29, 1.82) is 0 Å². The van der Waals surface area contributed by atoms with Crippen LogP contribution in [0.25, 0.3) is 11.4 Å². The fraction of sp³-hybridized carbons (Fsp3) is 0.360. The highest BCUT2D eigenvalue weighted by molar-refractivity contribution is 6.30. The van der Waals surface area contributed by atoms with E-state index < -0.39 is 5.92 Å². The van der Waals surface area contributed by atoms with Gasteiger partial charge in [-0.3, -0.25) is 9.69 Å². The molecule has 3 aromatic rings. The number of fused-ring (bicyclic) bond motifs is 2. The Labute approximate surface area is 206 Å². The highest BCUT2D eigenvalue weighted by Crippen LogP contribution is 2.40. The van der Waals surface area contributed by atoms with E-state index >= 15 is 0 Å². The molecule has 3 heterocycles. The van der Waals surface area contributed by atoms with Crippen LogP contribution in [0.2, 0.25) is 5.02 Å². The van der Waals surface area contributed by atoms with Crippen LogP contribution in [0.1, 0.15) is 24.3 Å². The summed E-state index contributed by atoms with van der Waals surface area (Å²) in [6, 6.07) is 16.1. The van der Waals surface area contributed by atoms with Crippen molar-refractivity contribution in [3.8, 4) is 11.4 Å². The van der Waals surface area contributed by atoms with Crippen LogP contribution in [0.4, 0.5) is 4.79 Å². The first-order valence-electron chi connectivity index (χ1n) is 11.5. The van der Waals surface area contributed by atoms with Crippen LogP contribution >= 0.6 is 11.6 Å². The number of hydrogen-bond donors (Lipinski definition) is 0. The van der Waals surface area contributed by atoms with Crippen LogP contribution in [-0.4, -0.2) is 56.9 Å². The van der Waals surface area contributed by atoms with E-state index in [4.69, 9.17) is 25.6 Å². The minimum atomic E-state index is -0.403. The topological polar surface area (TPSA) is 98.0 Å². The first kappa shape index (κ1) is 22.2. The Kier molecular flexibility index (Phi) is 5.75. The summed E-state index contributed by atoms with van der Waals surface area (Å²) in [5, 5.41) is 4.65. The number of aromatic nitrogens is 2. The van der Waals surface area contributed by atoms with Gasteiger partial charge in [-0.25, -0.2) is 4.79 Å². The van der Waals surface area contributed by atoms with Gasteiger partial charge in [-0.15, -0.1) is 0 Å². The number of imide groups is 1. The molecule has 0 N–H and O–H groups in total. The maximum absolute atomic E-state index is 13.7. The van der Waals surface area contributed by atoms with Gasteiger partial charge in [0.2, 0.25) is 17.6 Å². The minimum Gasteiger partial charge on any atom is -0.349 e. The summed E-state index contributed by atoms with van der Waals surface area (Å²) in [6.45, 7) is 0.462. The maximum atomic E-state index is 13.7. The Hall–Kier alpha value is -3.27. The zero-order valence-corrected chi connectivity index (χ0v) is 19.5. The zero-order valence-electron chi connectivity index (χ0n) is 18.7. The SMILES string of the molecule is O=C1C2CC3OCOC3CC2N(Cc2ccc(Cl)cc2)C(=O)N1Cc1nc(-c2ccccc2)no1. The predicted octanol–water partition coefficient (Wildman–Crippen LogP) is 3.87. The molecule has 3 fully saturated rings.